The van der Waals surface area contributed by atoms with E-state index in [1.165, 1.54) is 24.4 Å². The van der Waals surface area contributed by atoms with E-state index in [1.807, 2.05) is 0 Å². The minimum Gasteiger partial charge on any atom is -0.369 e. The van der Waals surface area contributed by atoms with E-state index in [2.05, 4.69) is 10.2 Å². The number of nitrogens with two attached hydrogens (primary N) is 2. The van der Waals surface area contributed by atoms with Crippen molar-refractivity contribution < 1.29 is 4.39 Å². The topological polar surface area (TPSA) is 76.8 Å². The van der Waals surface area contributed by atoms with E-state index >= 15 is 0 Å². The number of rotatable bonds is 2. The van der Waals surface area contributed by atoms with Crippen molar-refractivity contribution in [3.05, 3.63) is 34.6 Å². The van der Waals surface area contributed by atoms with E-state index < -0.39 is 5.82 Å². The number of halogens is 3. The molecule has 0 aliphatic heterocycles. The lowest BCUT2D eigenvalue weighted by molar-refractivity contribution is 0.628. The molecule has 0 saturated heterocycles. The fourth-order valence-corrected chi connectivity index (χ4v) is 0.944. The minimum atomic E-state index is -0.481. The van der Waals surface area contributed by atoms with Gasteiger partial charge in [0.05, 0.1) is 11.2 Å². The van der Waals surface area contributed by atoms with Gasteiger partial charge in [-0.2, -0.15) is 5.10 Å². The smallest absolute Gasteiger partial charge is 0.211 e. The molecule has 4 nitrogen and oxygen atoms in total. The molecule has 15 heavy (non-hydrogen) atoms. The van der Waals surface area contributed by atoms with Crippen molar-refractivity contribution in [2.45, 2.75) is 0 Å². The van der Waals surface area contributed by atoms with Crippen molar-refractivity contribution in [2.75, 3.05) is 0 Å². The van der Waals surface area contributed by atoms with Crippen LogP contribution in [-0.2, 0) is 0 Å². The summed E-state index contributed by atoms with van der Waals surface area (Å²) in [6, 6.07) is 4.16. The molecule has 0 aliphatic rings. The first kappa shape index (κ1) is 13.7. The Labute approximate surface area is 97.2 Å². The summed E-state index contributed by atoms with van der Waals surface area (Å²) in [5.41, 5.74) is 10.7. The van der Waals surface area contributed by atoms with Crippen LogP contribution < -0.4 is 11.5 Å². The Hall–Kier alpha value is -1.33. The van der Waals surface area contributed by atoms with Crippen LogP contribution in [0.4, 0.5) is 4.39 Å². The molecule has 4 N–H and O–H groups in total. The number of hydrogen-bond acceptors (Lipinski definition) is 2. The molecule has 1 aromatic rings. The highest BCUT2D eigenvalue weighted by Crippen LogP contribution is 2.14. The van der Waals surface area contributed by atoms with Crippen LogP contribution in [0.2, 0.25) is 5.02 Å². The van der Waals surface area contributed by atoms with Crippen LogP contribution in [0.1, 0.15) is 5.56 Å². The van der Waals surface area contributed by atoms with Crippen molar-refractivity contribution in [1.82, 2.24) is 0 Å². The number of hydrogen-bond donors (Lipinski definition) is 2. The Morgan fingerprint density at radius 2 is 2.07 bits per heavy atom. The van der Waals surface area contributed by atoms with Gasteiger partial charge >= 0.3 is 0 Å². The van der Waals surface area contributed by atoms with Gasteiger partial charge in [0.2, 0.25) is 5.96 Å². The molecule has 82 valence electrons. The summed E-state index contributed by atoms with van der Waals surface area (Å²) < 4.78 is 12.7. The van der Waals surface area contributed by atoms with Gasteiger partial charge in [-0.3, -0.25) is 0 Å². The standard InChI is InChI=1S/C8H8ClFN4.ClH/c9-6-3-5(1-2-7(6)10)4-13-14-8(11)12;/h1-4H,(H4,11,12,14);1H/b13-4+;. The maximum absolute atomic E-state index is 12.7. The van der Waals surface area contributed by atoms with E-state index in [0.717, 1.165) is 0 Å². The molecule has 0 aliphatic carbocycles. The lowest BCUT2D eigenvalue weighted by atomic mass is 10.2. The average Bonchev–Trinajstić information content (AvgIpc) is 2.10. The molecule has 0 bridgehead atoms. The summed E-state index contributed by atoms with van der Waals surface area (Å²) in [4.78, 5) is 0. The van der Waals surface area contributed by atoms with Gasteiger partial charge in [0.1, 0.15) is 5.82 Å². The minimum absolute atomic E-state index is 0. The zero-order valence-corrected chi connectivity index (χ0v) is 9.10. The molecular formula is C8H9Cl2FN4. The maximum Gasteiger partial charge on any atom is 0.211 e. The van der Waals surface area contributed by atoms with Crippen LogP contribution in [0.15, 0.2) is 28.4 Å². The summed E-state index contributed by atoms with van der Waals surface area (Å²) in [5.74, 6) is -0.625. The van der Waals surface area contributed by atoms with E-state index in [1.54, 1.807) is 0 Å². The van der Waals surface area contributed by atoms with E-state index in [4.69, 9.17) is 23.1 Å². The molecular weight excluding hydrogens is 242 g/mol. The van der Waals surface area contributed by atoms with Gasteiger partial charge in [-0.05, 0) is 17.7 Å². The summed E-state index contributed by atoms with van der Waals surface area (Å²) in [6.07, 6.45) is 1.37. The van der Waals surface area contributed by atoms with Crippen LogP contribution in [0.25, 0.3) is 0 Å². The lowest BCUT2D eigenvalue weighted by Crippen LogP contribution is -2.21. The highest BCUT2D eigenvalue weighted by molar-refractivity contribution is 6.31. The van der Waals surface area contributed by atoms with Gasteiger partial charge in [0.25, 0.3) is 0 Å². The molecule has 0 amide bonds. The first-order chi connectivity index (χ1) is 6.59. The zero-order chi connectivity index (χ0) is 10.6. The molecule has 1 rings (SSSR count). The Kier molecular flexibility index (Phi) is 5.66. The monoisotopic (exact) mass is 250 g/mol. The van der Waals surface area contributed by atoms with Crippen LogP contribution in [0, 0.1) is 5.82 Å². The second kappa shape index (κ2) is 6.21. The van der Waals surface area contributed by atoms with E-state index in [9.17, 15) is 4.39 Å². The second-order valence-electron chi connectivity index (χ2n) is 2.44. The average molecular weight is 251 g/mol. The molecule has 7 heteroatoms. The van der Waals surface area contributed by atoms with Gasteiger partial charge in [0.15, 0.2) is 0 Å². The molecule has 0 spiro atoms. The molecule has 0 fully saturated rings. The highest BCUT2D eigenvalue weighted by Gasteiger charge is 1.98. The van der Waals surface area contributed by atoms with Crippen molar-refractivity contribution in [3.8, 4) is 0 Å². The summed E-state index contributed by atoms with van der Waals surface area (Å²) in [6.45, 7) is 0. The fourth-order valence-electron chi connectivity index (χ4n) is 0.755. The molecule has 0 unspecified atom stereocenters. The molecule has 0 radical (unpaired) electrons. The SMILES string of the molecule is Cl.NC(N)=N/N=C/c1ccc(F)c(Cl)c1. The van der Waals surface area contributed by atoms with Crippen LogP contribution in [0.3, 0.4) is 0 Å². The van der Waals surface area contributed by atoms with E-state index in [-0.39, 0.29) is 23.4 Å². The van der Waals surface area contributed by atoms with Crippen LogP contribution in [-0.4, -0.2) is 12.2 Å². The lowest BCUT2D eigenvalue weighted by Gasteiger charge is -1.94. The molecule has 0 saturated carbocycles. The van der Waals surface area contributed by atoms with Crippen molar-refractivity contribution in [2.24, 2.45) is 21.7 Å². The summed E-state index contributed by atoms with van der Waals surface area (Å²) in [7, 11) is 0. The zero-order valence-electron chi connectivity index (χ0n) is 7.52. The third-order valence-electron chi connectivity index (χ3n) is 1.32. The Morgan fingerprint density at radius 1 is 1.40 bits per heavy atom. The largest absolute Gasteiger partial charge is 0.369 e. The van der Waals surface area contributed by atoms with E-state index in [0.29, 0.717) is 5.56 Å². The summed E-state index contributed by atoms with van der Waals surface area (Å²) >= 11 is 5.53. The predicted octanol–water partition coefficient (Wildman–Crippen LogP) is 1.51. The number of guanidine groups is 1. The third-order valence-corrected chi connectivity index (χ3v) is 1.61. The third kappa shape index (κ3) is 4.62. The van der Waals surface area contributed by atoms with Gasteiger partial charge < -0.3 is 11.5 Å². The Balaban J connectivity index is 0.00000196. The van der Waals surface area contributed by atoms with Gasteiger partial charge in [-0.1, -0.05) is 17.7 Å². The van der Waals surface area contributed by atoms with Crippen LogP contribution >= 0.6 is 24.0 Å². The first-order valence-corrected chi connectivity index (χ1v) is 4.04. The molecule has 0 heterocycles. The first-order valence-electron chi connectivity index (χ1n) is 3.66. The number of nitrogens with zero attached hydrogens (tertiary/aromatic N) is 2. The van der Waals surface area contributed by atoms with Crippen LogP contribution in [0.5, 0.6) is 0 Å². The summed E-state index contributed by atoms with van der Waals surface area (Å²) in [5, 5.41) is 6.95. The predicted molar refractivity (Wildman–Crippen MR) is 62.1 cm³/mol. The van der Waals surface area contributed by atoms with Gasteiger partial charge in [0, 0.05) is 0 Å². The molecule has 1 aromatic carbocycles. The second-order valence-corrected chi connectivity index (χ2v) is 2.85. The normalized spacial score (nSPS) is 9.73. The fraction of sp³-hybridized carbons (Fsp3) is 0. The Bertz CT molecular complexity index is 388. The quantitative estimate of drug-likeness (QED) is 0.474. The highest BCUT2D eigenvalue weighted by atomic mass is 35.5. The molecule has 0 aromatic heterocycles. The maximum atomic E-state index is 12.7. The van der Waals surface area contributed by atoms with Gasteiger partial charge in [-0.25, -0.2) is 4.39 Å². The molecule has 0 atom stereocenters. The van der Waals surface area contributed by atoms with Crippen molar-refractivity contribution in [3.63, 3.8) is 0 Å². The Morgan fingerprint density at radius 3 is 2.60 bits per heavy atom. The van der Waals surface area contributed by atoms with Crippen molar-refractivity contribution in [1.29, 1.82) is 0 Å². The van der Waals surface area contributed by atoms with Gasteiger partial charge in [-0.15, -0.1) is 17.5 Å². The van der Waals surface area contributed by atoms with Crippen molar-refractivity contribution >= 4 is 36.2 Å². The number of benzene rings is 1.